The van der Waals surface area contributed by atoms with Crippen LogP contribution < -0.4 is 10.6 Å². The van der Waals surface area contributed by atoms with Gasteiger partial charge in [0.05, 0.1) is 6.04 Å². The monoisotopic (exact) mass is 416 g/mol. The molecule has 0 unspecified atom stereocenters. The number of likely N-dealkylation sites (N-methyl/N-ethyl adjacent to an activating group) is 1. The van der Waals surface area contributed by atoms with E-state index in [1.165, 1.54) is 0 Å². The van der Waals surface area contributed by atoms with Crippen molar-refractivity contribution in [2.75, 3.05) is 51.6 Å². The summed E-state index contributed by atoms with van der Waals surface area (Å²) in [5.74, 6) is -0.0365. The summed E-state index contributed by atoms with van der Waals surface area (Å²) in [6, 6.07) is 12.2. The molecule has 0 saturated carbocycles. The van der Waals surface area contributed by atoms with Crippen molar-refractivity contribution in [2.45, 2.75) is 6.04 Å². The maximum atomic E-state index is 13.3. The maximum Gasteiger partial charge on any atom is 0.249 e. The van der Waals surface area contributed by atoms with E-state index in [1.54, 1.807) is 6.20 Å². The SMILES string of the molecule is CN1CCN(C[C@@H](NC(=O)C2=Cc3c[nH]c4nccc(c34)NC2)c2ccccc2)CC1. The molecule has 1 saturated heterocycles. The topological polar surface area (TPSA) is 76.3 Å². The summed E-state index contributed by atoms with van der Waals surface area (Å²) in [6.07, 6.45) is 5.66. The first-order valence-electron chi connectivity index (χ1n) is 10.8. The molecule has 1 fully saturated rings. The van der Waals surface area contributed by atoms with Crippen molar-refractivity contribution in [1.82, 2.24) is 25.1 Å². The largest absolute Gasteiger partial charge is 0.380 e. The molecule has 7 heteroatoms. The van der Waals surface area contributed by atoms with Gasteiger partial charge in [0.25, 0.3) is 0 Å². The van der Waals surface area contributed by atoms with E-state index < -0.39 is 0 Å². The van der Waals surface area contributed by atoms with Crippen LogP contribution in [-0.2, 0) is 4.79 Å². The van der Waals surface area contributed by atoms with E-state index in [9.17, 15) is 4.79 Å². The number of aromatic amines is 1. The molecule has 2 aliphatic rings. The van der Waals surface area contributed by atoms with Crippen molar-refractivity contribution in [3.63, 3.8) is 0 Å². The number of H-pyrrole nitrogens is 1. The summed E-state index contributed by atoms with van der Waals surface area (Å²) < 4.78 is 0. The Balaban J connectivity index is 1.37. The first-order chi connectivity index (χ1) is 15.2. The van der Waals surface area contributed by atoms with E-state index in [0.29, 0.717) is 6.54 Å². The van der Waals surface area contributed by atoms with Crippen LogP contribution in [-0.4, -0.2) is 72.0 Å². The fourth-order valence-corrected chi connectivity index (χ4v) is 4.38. The number of benzene rings is 1. The third-order valence-corrected chi connectivity index (χ3v) is 6.24. The Labute approximate surface area is 182 Å². The van der Waals surface area contributed by atoms with E-state index in [-0.39, 0.29) is 11.9 Å². The Hall–Kier alpha value is -3.16. The summed E-state index contributed by atoms with van der Waals surface area (Å²) in [6.45, 7) is 5.44. The number of pyridine rings is 1. The second-order valence-corrected chi connectivity index (χ2v) is 8.39. The zero-order chi connectivity index (χ0) is 21.2. The molecule has 160 valence electrons. The number of nitrogens with one attached hydrogen (secondary N) is 3. The second kappa shape index (κ2) is 8.53. The zero-order valence-corrected chi connectivity index (χ0v) is 17.8. The van der Waals surface area contributed by atoms with E-state index in [4.69, 9.17) is 0 Å². The average Bonchev–Trinajstić information content (AvgIpc) is 3.11. The number of anilines is 1. The number of hydrogen-bond donors (Lipinski definition) is 3. The molecule has 2 aliphatic heterocycles. The predicted molar refractivity (Wildman–Crippen MR) is 124 cm³/mol. The number of hydrogen-bond acceptors (Lipinski definition) is 5. The molecule has 4 heterocycles. The van der Waals surface area contributed by atoms with Crippen LogP contribution in [0.25, 0.3) is 17.1 Å². The van der Waals surface area contributed by atoms with Gasteiger partial charge in [-0.15, -0.1) is 0 Å². The number of carbonyl (C=O) groups is 1. The quantitative estimate of drug-likeness (QED) is 0.596. The highest BCUT2D eigenvalue weighted by Gasteiger charge is 2.24. The van der Waals surface area contributed by atoms with Crippen molar-refractivity contribution in [3.05, 3.63) is 65.5 Å². The molecular formula is C24H28N6O. The highest BCUT2D eigenvalue weighted by atomic mass is 16.1. The first-order valence-corrected chi connectivity index (χ1v) is 10.8. The van der Waals surface area contributed by atoms with Crippen molar-refractivity contribution in [3.8, 4) is 0 Å². The molecule has 1 aromatic carbocycles. The van der Waals surface area contributed by atoms with Crippen LogP contribution in [0.1, 0.15) is 17.2 Å². The van der Waals surface area contributed by atoms with Gasteiger partial charge in [-0.2, -0.15) is 0 Å². The van der Waals surface area contributed by atoms with Crippen LogP contribution in [0.4, 0.5) is 5.69 Å². The molecule has 1 atom stereocenters. The van der Waals surface area contributed by atoms with Gasteiger partial charge in [-0.3, -0.25) is 9.69 Å². The first kappa shape index (κ1) is 19.8. The smallest absolute Gasteiger partial charge is 0.249 e. The summed E-state index contributed by atoms with van der Waals surface area (Å²) in [7, 11) is 2.16. The fraction of sp³-hybridized carbons (Fsp3) is 0.333. The summed E-state index contributed by atoms with van der Waals surface area (Å²) in [5.41, 5.74) is 4.67. The molecule has 2 aromatic heterocycles. The van der Waals surface area contributed by atoms with Gasteiger partial charge in [0.15, 0.2) is 0 Å². The van der Waals surface area contributed by atoms with Crippen molar-refractivity contribution in [2.24, 2.45) is 0 Å². The van der Waals surface area contributed by atoms with Gasteiger partial charge in [-0.05, 0) is 24.8 Å². The molecule has 0 bridgehead atoms. The fourth-order valence-electron chi connectivity index (χ4n) is 4.38. The van der Waals surface area contributed by atoms with Crippen LogP contribution in [0.5, 0.6) is 0 Å². The summed E-state index contributed by atoms with van der Waals surface area (Å²) >= 11 is 0. The molecule has 31 heavy (non-hydrogen) atoms. The van der Waals surface area contributed by atoms with Crippen molar-refractivity contribution >= 4 is 28.7 Å². The number of piperazine rings is 1. The molecule has 5 rings (SSSR count). The lowest BCUT2D eigenvalue weighted by atomic mass is 10.0. The van der Waals surface area contributed by atoms with E-state index >= 15 is 0 Å². The van der Waals surface area contributed by atoms with Crippen LogP contribution >= 0.6 is 0 Å². The Morgan fingerprint density at radius 2 is 1.97 bits per heavy atom. The molecule has 3 aromatic rings. The van der Waals surface area contributed by atoms with Gasteiger partial charge in [0.2, 0.25) is 5.91 Å². The van der Waals surface area contributed by atoms with Crippen LogP contribution in [0.3, 0.4) is 0 Å². The second-order valence-electron chi connectivity index (χ2n) is 8.39. The normalized spacial score (nSPS) is 18.2. The molecule has 7 nitrogen and oxygen atoms in total. The van der Waals surface area contributed by atoms with Crippen molar-refractivity contribution < 1.29 is 4.79 Å². The minimum Gasteiger partial charge on any atom is -0.380 e. The van der Waals surface area contributed by atoms with E-state index in [2.05, 4.69) is 49.6 Å². The molecule has 0 aliphatic carbocycles. The number of aromatic nitrogens is 2. The Morgan fingerprint density at radius 3 is 2.77 bits per heavy atom. The Kier molecular flexibility index (Phi) is 5.44. The van der Waals surface area contributed by atoms with E-state index in [0.717, 1.165) is 66.1 Å². The molecule has 0 radical (unpaired) electrons. The number of amides is 1. The van der Waals surface area contributed by atoms with E-state index in [1.807, 2.05) is 36.5 Å². The molecule has 3 N–H and O–H groups in total. The van der Waals surface area contributed by atoms with Gasteiger partial charge < -0.3 is 20.5 Å². The predicted octanol–water partition coefficient (Wildman–Crippen LogP) is 2.48. The third-order valence-electron chi connectivity index (χ3n) is 6.24. The number of rotatable bonds is 5. The average molecular weight is 417 g/mol. The molecule has 0 spiro atoms. The van der Waals surface area contributed by atoms with Crippen molar-refractivity contribution in [1.29, 1.82) is 0 Å². The minimum atomic E-state index is -0.0588. The zero-order valence-electron chi connectivity index (χ0n) is 17.8. The van der Waals surface area contributed by atoms with Crippen LogP contribution in [0.15, 0.2) is 54.4 Å². The van der Waals surface area contributed by atoms with Gasteiger partial charge in [0.1, 0.15) is 5.65 Å². The molecule has 1 amide bonds. The highest BCUT2D eigenvalue weighted by molar-refractivity contribution is 6.05. The van der Waals surface area contributed by atoms with Crippen LogP contribution in [0.2, 0.25) is 0 Å². The van der Waals surface area contributed by atoms with Gasteiger partial charge >= 0.3 is 0 Å². The lowest BCUT2D eigenvalue weighted by Crippen LogP contribution is -2.48. The van der Waals surface area contributed by atoms with Gasteiger partial charge in [-0.1, -0.05) is 30.3 Å². The number of nitrogens with zero attached hydrogens (tertiary/aromatic N) is 3. The number of carbonyl (C=O) groups excluding carboxylic acids is 1. The van der Waals surface area contributed by atoms with Gasteiger partial charge in [-0.25, -0.2) is 4.98 Å². The van der Waals surface area contributed by atoms with Gasteiger partial charge in [0, 0.05) is 73.9 Å². The summed E-state index contributed by atoms with van der Waals surface area (Å²) in [5, 5.41) is 7.74. The maximum absolute atomic E-state index is 13.3. The highest BCUT2D eigenvalue weighted by Crippen LogP contribution is 2.29. The van der Waals surface area contributed by atoms with Crippen LogP contribution in [0, 0.1) is 0 Å². The summed E-state index contributed by atoms with van der Waals surface area (Å²) in [4.78, 5) is 25.7. The lowest BCUT2D eigenvalue weighted by Gasteiger charge is -2.35. The lowest BCUT2D eigenvalue weighted by molar-refractivity contribution is -0.118. The third kappa shape index (κ3) is 4.19. The minimum absolute atomic E-state index is 0.0365. The molecular weight excluding hydrogens is 388 g/mol. The Morgan fingerprint density at radius 1 is 1.16 bits per heavy atom. The Bertz CT molecular complexity index is 1100. The standard InChI is InChI=1S/C24H28N6O/c1-29-9-11-30(12-10-29)16-21(17-5-3-2-4-6-17)28-24(31)19-13-18-14-27-23-22(18)20(26-15-19)7-8-25-23/h2-8,13-14,21,26H,9-12,15-16H2,1H3,(H,25,27)(H,28,31)/t21-/m1/s1.